The number of nitrogens with one attached hydrogen (secondary N) is 5. The first-order valence-electron chi connectivity index (χ1n) is 17.5. The van der Waals surface area contributed by atoms with Gasteiger partial charge >= 0.3 is 12.1 Å². The molecule has 0 bridgehead atoms. The minimum absolute atomic E-state index is 0.0782. The number of aryl methyl sites for hydroxylation is 1. The SMILES string of the molecule is CC[C@H](C)[C@@H](NC(=O)[C@H](Cc1cncn1C)NC(=O)OC(C)(C)C)C(=O)N[C@@H](CC1CCCCC1)C(=O)NC(C)(C)C(=O)N[C@@H](C)C(=O)OC. The Morgan fingerprint density at radius 1 is 0.900 bits per heavy atom. The van der Waals surface area contributed by atoms with Gasteiger partial charge in [0.05, 0.1) is 13.4 Å². The van der Waals surface area contributed by atoms with Gasteiger partial charge in [-0.3, -0.25) is 19.2 Å². The Hall–Kier alpha value is -4.17. The molecule has 15 heteroatoms. The minimum Gasteiger partial charge on any atom is -0.467 e. The molecule has 0 unspecified atom stereocenters. The van der Waals surface area contributed by atoms with Gasteiger partial charge in [0.15, 0.2) is 0 Å². The van der Waals surface area contributed by atoms with E-state index >= 15 is 0 Å². The summed E-state index contributed by atoms with van der Waals surface area (Å²) in [6.07, 6.45) is 8.25. The monoisotopic (exact) mass is 705 g/mol. The van der Waals surface area contributed by atoms with Gasteiger partial charge in [-0.2, -0.15) is 0 Å². The second-order valence-electron chi connectivity index (χ2n) is 14.9. The highest BCUT2D eigenvalue weighted by molar-refractivity contribution is 5.97. The topological polar surface area (TPSA) is 199 Å². The zero-order valence-electron chi connectivity index (χ0n) is 31.4. The molecule has 0 spiro atoms. The maximum Gasteiger partial charge on any atom is 0.408 e. The van der Waals surface area contributed by atoms with E-state index in [1.54, 1.807) is 44.9 Å². The van der Waals surface area contributed by atoms with Crippen molar-refractivity contribution in [1.82, 2.24) is 36.1 Å². The Morgan fingerprint density at radius 2 is 1.54 bits per heavy atom. The van der Waals surface area contributed by atoms with Gasteiger partial charge in [0.2, 0.25) is 23.6 Å². The van der Waals surface area contributed by atoms with Crippen molar-refractivity contribution >= 4 is 35.7 Å². The van der Waals surface area contributed by atoms with E-state index in [0.717, 1.165) is 32.1 Å². The number of ether oxygens (including phenoxy) is 2. The van der Waals surface area contributed by atoms with Crippen LogP contribution >= 0.6 is 0 Å². The number of alkyl carbamates (subject to hydrolysis) is 1. The molecule has 0 saturated heterocycles. The molecule has 50 heavy (non-hydrogen) atoms. The summed E-state index contributed by atoms with van der Waals surface area (Å²) in [6, 6.07) is -4.11. The number of hydrogen-bond donors (Lipinski definition) is 5. The van der Waals surface area contributed by atoms with Crippen molar-refractivity contribution in [3.05, 3.63) is 18.2 Å². The van der Waals surface area contributed by atoms with Crippen molar-refractivity contribution in [1.29, 1.82) is 0 Å². The van der Waals surface area contributed by atoms with E-state index in [0.29, 0.717) is 18.5 Å². The van der Waals surface area contributed by atoms with Crippen LogP contribution in [0.4, 0.5) is 4.79 Å². The molecular weight excluding hydrogens is 646 g/mol. The van der Waals surface area contributed by atoms with Crippen LogP contribution < -0.4 is 26.6 Å². The Morgan fingerprint density at radius 3 is 2.08 bits per heavy atom. The van der Waals surface area contributed by atoms with Crippen LogP contribution in [0.2, 0.25) is 0 Å². The average Bonchev–Trinajstić information content (AvgIpc) is 3.44. The maximum atomic E-state index is 14.0. The number of amides is 5. The summed E-state index contributed by atoms with van der Waals surface area (Å²) in [5.41, 5.74) is -1.58. The van der Waals surface area contributed by atoms with E-state index in [1.807, 2.05) is 13.8 Å². The molecule has 1 aliphatic carbocycles. The van der Waals surface area contributed by atoms with Gasteiger partial charge in [-0.05, 0) is 59.8 Å². The highest BCUT2D eigenvalue weighted by atomic mass is 16.6. The second-order valence-corrected chi connectivity index (χ2v) is 14.9. The molecule has 5 amide bonds. The molecule has 1 aliphatic rings. The van der Waals surface area contributed by atoms with Crippen LogP contribution in [0.25, 0.3) is 0 Å². The summed E-state index contributed by atoms with van der Waals surface area (Å²) >= 11 is 0. The summed E-state index contributed by atoms with van der Waals surface area (Å²) in [5, 5.41) is 13.6. The smallest absolute Gasteiger partial charge is 0.408 e. The highest BCUT2D eigenvalue weighted by Gasteiger charge is 2.38. The lowest BCUT2D eigenvalue weighted by molar-refractivity contribution is -0.145. The van der Waals surface area contributed by atoms with Crippen LogP contribution in [0.3, 0.4) is 0 Å². The van der Waals surface area contributed by atoms with Gasteiger partial charge in [-0.15, -0.1) is 0 Å². The number of methoxy groups -OCH3 is 1. The van der Waals surface area contributed by atoms with E-state index in [1.165, 1.54) is 27.9 Å². The predicted octanol–water partition coefficient (Wildman–Crippen LogP) is 2.41. The summed E-state index contributed by atoms with van der Waals surface area (Å²) in [6.45, 7) is 13.3. The zero-order chi connectivity index (χ0) is 37.8. The zero-order valence-corrected chi connectivity index (χ0v) is 31.4. The predicted molar refractivity (Wildman–Crippen MR) is 186 cm³/mol. The third-order valence-electron chi connectivity index (χ3n) is 8.96. The first-order valence-corrected chi connectivity index (χ1v) is 17.5. The number of hydrogen-bond acceptors (Lipinski definition) is 9. The molecular formula is C35H59N7O8. The molecule has 5 atom stereocenters. The molecule has 0 radical (unpaired) electrons. The Kier molecular flexibility index (Phi) is 15.7. The molecule has 15 nitrogen and oxygen atoms in total. The van der Waals surface area contributed by atoms with Crippen LogP contribution in [0.1, 0.15) is 106 Å². The average molecular weight is 706 g/mol. The molecule has 5 N–H and O–H groups in total. The number of aromatic nitrogens is 2. The fourth-order valence-electron chi connectivity index (χ4n) is 5.72. The van der Waals surface area contributed by atoms with Crippen molar-refractivity contribution in [2.75, 3.05) is 7.11 Å². The molecule has 1 saturated carbocycles. The summed E-state index contributed by atoms with van der Waals surface area (Å²) < 4.78 is 11.8. The summed E-state index contributed by atoms with van der Waals surface area (Å²) in [4.78, 5) is 83.5. The number of nitrogens with zero attached hydrogens (tertiary/aromatic N) is 2. The highest BCUT2D eigenvalue weighted by Crippen LogP contribution is 2.28. The van der Waals surface area contributed by atoms with Gasteiger partial charge in [-0.25, -0.2) is 14.6 Å². The van der Waals surface area contributed by atoms with Gasteiger partial charge in [-0.1, -0.05) is 52.4 Å². The Bertz CT molecular complexity index is 1330. The second kappa shape index (κ2) is 18.7. The fourth-order valence-corrected chi connectivity index (χ4v) is 5.72. The lowest BCUT2D eigenvalue weighted by Crippen LogP contribution is -2.62. The quantitative estimate of drug-likeness (QED) is 0.160. The summed E-state index contributed by atoms with van der Waals surface area (Å²) in [5.74, 6) is -3.15. The minimum atomic E-state index is -1.44. The van der Waals surface area contributed by atoms with Crippen molar-refractivity contribution in [3.8, 4) is 0 Å². The van der Waals surface area contributed by atoms with Crippen molar-refractivity contribution in [2.24, 2.45) is 18.9 Å². The summed E-state index contributed by atoms with van der Waals surface area (Å²) in [7, 11) is 2.98. The fraction of sp³-hybridized carbons (Fsp3) is 0.743. The van der Waals surface area contributed by atoms with Crippen LogP contribution in [-0.4, -0.2) is 87.7 Å². The van der Waals surface area contributed by atoms with Gasteiger partial charge < -0.3 is 40.6 Å². The number of imidazole rings is 1. The van der Waals surface area contributed by atoms with E-state index in [2.05, 4.69) is 36.3 Å². The van der Waals surface area contributed by atoms with E-state index < -0.39 is 71.0 Å². The number of esters is 1. The molecule has 1 aromatic heterocycles. The third kappa shape index (κ3) is 13.3. The van der Waals surface area contributed by atoms with Crippen LogP contribution in [0, 0.1) is 11.8 Å². The van der Waals surface area contributed by atoms with E-state index in [9.17, 15) is 28.8 Å². The number of carbonyl (C=O) groups excluding carboxylic acids is 6. The normalized spacial score (nSPS) is 16.8. The van der Waals surface area contributed by atoms with Gasteiger partial charge in [0.25, 0.3) is 0 Å². The van der Waals surface area contributed by atoms with E-state index in [4.69, 9.17) is 4.74 Å². The third-order valence-corrected chi connectivity index (χ3v) is 8.96. The Balaban J connectivity index is 2.32. The molecule has 2 rings (SSSR count). The van der Waals surface area contributed by atoms with Crippen molar-refractivity contribution < 1.29 is 38.2 Å². The first-order chi connectivity index (χ1) is 23.3. The molecule has 1 aromatic rings. The van der Waals surface area contributed by atoms with Crippen molar-refractivity contribution in [2.45, 2.75) is 142 Å². The lowest BCUT2D eigenvalue weighted by atomic mass is 9.84. The van der Waals surface area contributed by atoms with Crippen LogP contribution in [0.5, 0.6) is 0 Å². The lowest BCUT2D eigenvalue weighted by Gasteiger charge is -2.33. The van der Waals surface area contributed by atoms with Gasteiger partial charge in [0, 0.05) is 25.4 Å². The van der Waals surface area contributed by atoms with Crippen molar-refractivity contribution in [3.63, 3.8) is 0 Å². The number of rotatable bonds is 16. The molecule has 0 aliphatic heterocycles. The first kappa shape index (κ1) is 42.0. The number of carbonyl (C=O) groups is 6. The molecule has 282 valence electrons. The largest absolute Gasteiger partial charge is 0.467 e. The van der Waals surface area contributed by atoms with E-state index in [-0.39, 0.29) is 18.3 Å². The molecule has 1 heterocycles. The molecule has 1 fully saturated rings. The van der Waals surface area contributed by atoms with Crippen LogP contribution in [-0.2, 0) is 46.9 Å². The standard InChI is InChI=1S/C35H59N7O8/c1-11-21(2)27(40-28(43)26(18-24-19-36-20-42(24)9)39-33(48)50-34(4,5)6)30(45)38-25(17-23-15-13-12-14-16-23)29(44)41-35(7,8)32(47)37-22(3)31(46)49-10/h19-23,25-27H,11-18H2,1-10H3,(H,37,47)(H,38,45)(H,39,48)(H,40,43)(H,41,44)/t21-,22-,25-,26-,27+/m0/s1. The Labute approximate surface area is 296 Å². The van der Waals surface area contributed by atoms with Gasteiger partial charge in [0.1, 0.15) is 35.3 Å². The molecule has 0 aromatic carbocycles. The maximum absolute atomic E-state index is 14.0. The van der Waals surface area contributed by atoms with Crippen LogP contribution in [0.15, 0.2) is 12.5 Å².